The van der Waals surface area contributed by atoms with E-state index in [4.69, 9.17) is 4.74 Å². The summed E-state index contributed by atoms with van der Waals surface area (Å²) >= 11 is 0. The molecule has 28 heavy (non-hydrogen) atoms. The van der Waals surface area contributed by atoms with Crippen molar-refractivity contribution >= 4 is 11.6 Å². The van der Waals surface area contributed by atoms with Gasteiger partial charge in [-0.3, -0.25) is 9.69 Å². The monoisotopic (exact) mass is 388 g/mol. The van der Waals surface area contributed by atoms with Crippen LogP contribution in [0.15, 0.2) is 42.5 Å². The van der Waals surface area contributed by atoms with Gasteiger partial charge in [-0.1, -0.05) is 18.2 Å². The quantitative estimate of drug-likeness (QED) is 0.771. The topological polar surface area (TPSA) is 41.6 Å². The van der Waals surface area contributed by atoms with Crippen LogP contribution in [0.25, 0.3) is 0 Å². The maximum absolute atomic E-state index is 13.6. The molecule has 6 heteroatoms. The maximum atomic E-state index is 13.6. The van der Waals surface area contributed by atoms with Crippen LogP contribution < -0.4 is 10.1 Å². The predicted octanol–water partition coefficient (Wildman–Crippen LogP) is 4.26. The van der Waals surface area contributed by atoms with E-state index < -0.39 is 11.6 Å². The first kappa shape index (κ1) is 20.3. The molecule has 3 rings (SSSR count). The van der Waals surface area contributed by atoms with Crippen LogP contribution in [-0.2, 0) is 11.2 Å². The largest absolute Gasteiger partial charge is 0.497 e. The summed E-state index contributed by atoms with van der Waals surface area (Å²) in [6.07, 6.45) is 4.20. The molecule has 1 saturated heterocycles. The van der Waals surface area contributed by atoms with Crippen LogP contribution in [0.2, 0.25) is 0 Å². The number of carbonyl (C=O) groups excluding carboxylic acids is 1. The highest BCUT2D eigenvalue weighted by Crippen LogP contribution is 2.23. The number of rotatable bonds is 7. The number of halogens is 2. The molecule has 0 radical (unpaired) electrons. The average molecular weight is 388 g/mol. The Morgan fingerprint density at radius 3 is 2.36 bits per heavy atom. The van der Waals surface area contributed by atoms with Gasteiger partial charge in [0.15, 0.2) is 0 Å². The van der Waals surface area contributed by atoms with Gasteiger partial charge in [-0.2, -0.15) is 0 Å². The van der Waals surface area contributed by atoms with Crippen molar-refractivity contribution < 1.29 is 18.3 Å². The number of hydrogen-bond donors (Lipinski definition) is 1. The summed E-state index contributed by atoms with van der Waals surface area (Å²) in [5.41, 5.74) is 0.927. The standard InChI is InChI=1S/C22H26F2N2O2/c1-28-18-9-7-16(8-10-18)5-6-17-11-13-26(14-12-17)15-21(27)25-22-19(23)3-2-4-20(22)24/h2-4,7-10,17H,5-6,11-15H2,1H3,(H,25,27). The summed E-state index contributed by atoms with van der Waals surface area (Å²) in [7, 11) is 1.66. The van der Waals surface area contributed by atoms with Crippen molar-refractivity contribution in [3.8, 4) is 5.75 Å². The summed E-state index contributed by atoms with van der Waals surface area (Å²) in [5, 5.41) is 2.35. The fourth-order valence-electron chi connectivity index (χ4n) is 3.60. The SMILES string of the molecule is COc1ccc(CCC2CCN(CC(=O)Nc3c(F)cccc3F)CC2)cc1. The van der Waals surface area contributed by atoms with Crippen LogP contribution >= 0.6 is 0 Å². The minimum Gasteiger partial charge on any atom is -0.497 e. The van der Waals surface area contributed by atoms with Crippen molar-refractivity contribution in [2.24, 2.45) is 5.92 Å². The third-order valence-electron chi connectivity index (χ3n) is 5.30. The van der Waals surface area contributed by atoms with E-state index >= 15 is 0 Å². The number of piperidine rings is 1. The van der Waals surface area contributed by atoms with Gasteiger partial charge in [0.25, 0.3) is 0 Å². The van der Waals surface area contributed by atoms with Crippen molar-refractivity contribution in [3.05, 3.63) is 59.7 Å². The second kappa shape index (κ2) is 9.64. The molecule has 0 atom stereocenters. The lowest BCUT2D eigenvalue weighted by Gasteiger charge is -2.31. The molecular formula is C22H26F2N2O2. The molecule has 2 aromatic carbocycles. The molecule has 0 aliphatic carbocycles. The number of carbonyl (C=O) groups is 1. The Labute approximate surface area is 164 Å². The fourth-order valence-corrected chi connectivity index (χ4v) is 3.60. The molecule has 1 amide bonds. The predicted molar refractivity (Wildman–Crippen MR) is 105 cm³/mol. The number of benzene rings is 2. The summed E-state index contributed by atoms with van der Waals surface area (Å²) in [6.45, 7) is 1.79. The van der Waals surface area contributed by atoms with E-state index in [1.165, 1.54) is 11.6 Å². The maximum Gasteiger partial charge on any atom is 0.238 e. The van der Waals surface area contributed by atoms with Gasteiger partial charge >= 0.3 is 0 Å². The number of anilines is 1. The van der Waals surface area contributed by atoms with E-state index in [2.05, 4.69) is 17.4 Å². The van der Waals surface area contributed by atoms with Gasteiger partial charge in [-0.05, 0) is 74.5 Å². The molecule has 1 fully saturated rings. The molecule has 4 nitrogen and oxygen atoms in total. The smallest absolute Gasteiger partial charge is 0.238 e. The van der Waals surface area contributed by atoms with Crippen molar-refractivity contribution in [3.63, 3.8) is 0 Å². The van der Waals surface area contributed by atoms with Crippen molar-refractivity contribution in [2.45, 2.75) is 25.7 Å². The third-order valence-corrected chi connectivity index (χ3v) is 5.30. The highest BCUT2D eigenvalue weighted by Gasteiger charge is 2.21. The fraction of sp³-hybridized carbons (Fsp3) is 0.409. The lowest BCUT2D eigenvalue weighted by Crippen LogP contribution is -2.39. The number of nitrogens with one attached hydrogen (secondary N) is 1. The Bertz CT molecular complexity index is 767. The third kappa shape index (κ3) is 5.52. The number of hydrogen-bond acceptors (Lipinski definition) is 3. The van der Waals surface area contributed by atoms with Gasteiger partial charge in [0.2, 0.25) is 5.91 Å². The molecule has 1 N–H and O–H groups in total. The van der Waals surface area contributed by atoms with E-state index in [0.717, 1.165) is 56.7 Å². The minimum atomic E-state index is -0.759. The summed E-state index contributed by atoms with van der Waals surface area (Å²) in [4.78, 5) is 14.2. The molecule has 0 aromatic heterocycles. The molecule has 0 bridgehead atoms. The molecule has 0 unspecified atom stereocenters. The molecule has 2 aromatic rings. The Balaban J connectivity index is 1.40. The van der Waals surface area contributed by atoms with Crippen LogP contribution in [0.3, 0.4) is 0 Å². The van der Waals surface area contributed by atoms with E-state index in [9.17, 15) is 13.6 Å². The summed E-state index contributed by atoms with van der Waals surface area (Å²) in [6, 6.07) is 11.7. The van der Waals surface area contributed by atoms with E-state index in [1.54, 1.807) is 7.11 Å². The van der Waals surface area contributed by atoms with E-state index in [0.29, 0.717) is 5.92 Å². The number of nitrogens with zero attached hydrogens (tertiary/aromatic N) is 1. The molecule has 1 aliphatic rings. The highest BCUT2D eigenvalue weighted by molar-refractivity contribution is 5.92. The Morgan fingerprint density at radius 1 is 1.11 bits per heavy atom. The molecule has 0 spiro atoms. The zero-order chi connectivity index (χ0) is 19.9. The highest BCUT2D eigenvalue weighted by atomic mass is 19.1. The van der Waals surface area contributed by atoms with Crippen LogP contribution in [0.5, 0.6) is 5.75 Å². The zero-order valence-corrected chi connectivity index (χ0v) is 16.1. The number of para-hydroxylation sites is 1. The van der Waals surface area contributed by atoms with Crippen LogP contribution in [0.4, 0.5) is 14.5 Å². The minimum absolute atomic E-state index is 0.152. The Morgan fingerprint density at radius 2 is 1.75 bits per heavy atom. The normalized spacial score (nSPS) is 15.4. The number of amides is 1. The van der Waals surface area contributed by atoms with Crippen LogP contribution in [-0.4, -0.2) is 37.6 Å². The Kier molecular flexibility index (Phi) is 6.98. The van der Waals surface area contributed by atoms with Gasteiger partial charge in [-0.25, -0.2) is 8.78 Å². The molecule has 150 valence electrons. The first-order chi connectivity index (χ1) is 13.5. The number of likely N-dealkylation sites (tertiary alicyclic amines) is 1. The summed E-state index contributed by atoms with van der Waals surface area (Å²) in [5.74, 6) is -0.409. The van der Waals surface area contributed by atoms with Crippen molar-refractivity contribution in [1.29, 1.82) is 0 Å². The first-order valence-corrected chi connectivity index (χ1v) is 9.64. The van der Waals surface area contributed by atoms with E-state index in [-0.39, 0.29) is 18.1 Å². The second-order valence-electron chi connectivity index (χ2n) is 7.25. The molecular weight excluding hydrogens is 362 g/mol. The van der Waals surface area contributed by atoms with Crippen molar-refractivity contribution in [2.75, 3.05) is 32.1 Å². The van der Waals surface area contributed by atoms with Gasteiger partial charge in [0.1, 0.15) is 23.1 Å². The number of aryl methyl sites for hydroxylation is 1. The average Bonchev–Trinajstić information content (AvgIpc) is 2.71. The summed E-state index contributed by atoms with van der Waals surface area (Å²) < 4.78 is 32.4. The van der Waals surface area contributed by atoms with Gasteiger partial charge < -0.3 is 10.1 Å². The van der Waals surface area contributed by atoms with Gasteiger partial charge in [0.05, 0.1) is 13.7 Å². The van der Waals surface area contributed by atoms with Crippen molar-refractivity contribution in [1.82, 2.24) is 4.90 Å². The Hall–Kier alpha value is -2.47. The molecule has 1 aliphatic heterocycles. The van der Waals surface area contributed by atoms with Gasteiger partial charge in [-0.15, -0.1) is 0 Å². The van der Waals surface area contributed by atoms with E-state index in [1.807, 2.05) is 17.0 Å². The zero-order valence-electron chi connectivity index (χ0n) is 16.1. The number of ether oxygens (including phenoxy) is 1. The lowest BCUT2D eigenvalue weighted by atomic mass is 9.90. The second-order valence-corrected chi connectivity index (χ2v) is 7.25. The molecule has 0 saturated carbocycles. The number of methoxy groups -OCH3 is 1. The molecule has 1 heterocycles. The van der Waals surface area contributed by atoms with Crippen LogP contribution in [0, 0.1) is 17.6 Å². The van der Waals surface area contributed by atoms with Gasteiger partial charge in [0, 0.05) is 0 Å². The first-order valence-electron chi connectivity index (χ1n) is 9.64. The lowest BCUT2D eigenvalue weighted by molar-refractivity contribution is -0.117. The van der Waals surface area contributed by atoms with Crippen LogP contribution in [0.1, 0.15) is 24.8 Å².